The molecule has 2 aromatic heterocycles. The number of aromatic nitrogens is 3. The van der Waals surface area contributed by atoms with Crippen LogP contribution in [0, 0.1) is 27.7 Å². The van der Waals surface area contributed by atoms with E-state index in [1.54, 1.807) is 0 Å². The average Bonchev–Trinajstić information content (AvgIpc) is 2.29. The molecule has 0 radical (unpaired) electrons. The van der Waals surface area contributed by atoms with Crippen LogP contribution >= 0.6 is 0 Å². The first-order valence-electron chi connectivity index (χ1n) is 6.03. The second-order valence-corrected chi connectivity index (χ2v) is 4.57. The molecule has 1 N–H and O–H groups in total. The van der Waals surface area contributed by atoms with Gasteiger partial charge >= 0.3 is 0 Å². The van der Waals surface area contributed by atoms with Gasteiger partial charge < -0.3 is 5.32 Å². The molecule has 18 heavy (non-hydrogen) atoms. The summed E-state index contributed by atoms with van der Waals surface area (Å²) >= 11 is 0. The summed E-state index contributed by atoms with van der Waals surface area (Å²) in [7, 11) is 0. The molecule has 2 aromatic rings. The minimum absolute atomic E-state index is 0.672. The molecule has 0 spiro atoms. The summed E-state index contributed by atoms with van der Waals surface area (Å²) in [6.45, 7) is 8.71. The zero-order valence-electron chi connectivity index (χ0n) is 11.3. The maximum Gasteiger partial charge on any atom is 0.223 e. The predicted octanol–water partition coefficient (Wildman–Crippen LogP) is 2.72. The van der Waals surface area contributed by atoms with Crippen molar-refractivity contribution in [2.45, 2.75) is 34.2 Å². The summed E-state index contributed by atoms with van der Waals surface area (Å²) in [5, 5.41) is 3.23. The van der Waals surface area contributed by atoms with Crippen molar-refractivity contribution in [3.05, 3.63) is 46.5 Å². The number of hydrogen-bond donors (Lipinski definition) is 1. The molecule has 0 bridgehead atoms. The van der Waals surface area contributed by atoms with Crippen LogP contribution in [0.1, 0.15) is 28.2 Å². The van der Waals surface area contributed by atoms with Crippen molar-refractivity contribution in [1.29, 1.82) is 0 Å². The molecule has 0 saturated heterocycles. The van der Waals surface area contributed by atoms with Crippen LogP contribution in [0.4, 0.5) is 5.95 Å². The van der Waals surface area contributed by atoms with E-state index in [2.05, 4.69) is 33.3 Å². The summed E-state index contributed by atoms with van der Waals surface area (Å²) in [6, 6.07) is 4.10. The van der Waals surface area contributed by atoms with Gasteiger partial charge in [-0.15, -0.1) is 0 Å². The van der Waals surface area contributed by atoms with Crippen LogP contribution in [-0.4, -0.2) is 15.0 Å². The summed E-state index contributed by atoms with van der Waals surface area (Å²) in [4.78, 5) is 13.0. The second kappa shape index (κ2) is 5.12. The lowest BCUT2D eigenvalue weighted by Crippen LogP contribution is -2.06. The van der Waals surface area contributed by atoms with Gasteiger partial charge in [0.05, 0.1) is 0 Å². The summed E-state index contributed by atoms with van der Waals surface area (Å²) in [6.07, 6.45) is 1.89. The van der Waals surface area contributed by atoms with Gasteiger partial charge in [-0.2, -0.15) is 0 Å². The molecule has 2 heterocycles. The first-order chi connectivity index (χ1) is 8.54. The van der Waals surface area contributed by atoms with Gasteiger partial charge in [0.15, 0.2) is 0 Å². The Kier molecular flexibility index (Phi) is 3.55. The number of rotatable bonds is 3. The molecule has 4 nitrogen and oxygen atoms in total. The van der Waals surface area contributed by atoms with E-state index in [0.717, 1.165) is 22.6 Å². The van der Waals surface area contributed by atoms with E-state index in [-0.39, 0.29) is 0 Å². The van der Waals surface area contributed by atoms with Crippen LogP contribution in [0.3, 0.4) is 0 Å². The monoisotopic (exact) mass is 242 g/mol. The lowest BCUT2D eigenvalue weighted by Gasteiger charge is -2.08. The number of nitrogens with zero attached hydrogens (tertiary/aromatic N) is 3. The fourth-order valence-electron chi connectivity index (χ4n) is 1.78. The third-order valence-electron chi connectivity index (χ3n) is 2.83. The van der Waals surface area contributed by atoms with E-state index in [1.807, 2.05) is 33.0 Å². The molecule has 4 heteroatoms. The molecule has 0 saturated carbocycles. The van der Waals surface area contributed by atoms with Crippen molar-refractivity contribution in [3.8, 4) is 0 Å². The number of hydrogen-bond acceptors (Lipinski definition) is 4. The van der Waals surface area contributed by atoms with Gasteiger partial charge in [0.25, 0.3) is 0 Å². The highest BCUT2D eigenvalue weighted by Gasteiger charge is 2.01. The van der Waals surface area contributed by atoms with Gasteiger partial charge in [-0.1, -0.05) is 6.07 Å². The van der Waals surface area contributed by atoms with Crippen LogP contribution in [-0.2, 0) is 6.54 Å². The third-order valence-corrected chi connectivity index (χ3v) is 2.83. The number of aryl methyl sites for hydroxylation is 4. The van der Waals surface area contributed by atoms with Crippen molar-refractivity contribution < 1.29 is 0 Å². The van der Waals surface area contributed by atoms with Crippen molar-refractivity contribution in [2.75, 3.05) is 5.32 Å². The summed E-state index contributed by atoms with van der Waals surface area (Å²) in [5.41, 5.74) is 5.37. The molecule has 0 aliphatic heterocycles. The van der Waals surface area contributed by atoms with E-state index in [4.69, 9.17) is 0 Å². The summed E-state index contributed by atoms with van der Waals surface area (Å²) < 4.78 is 0. The standard InChI is InChI=1S/C14H18N4/c1-9-5-13(7-15-12(9)4)8-16-14-17-10(2)6-11(3)18-14/h5-7H,8H2,1-4H3,(H,16,17,18). The first kappa shape index (κ1) is 12.5. The van der Waals surface area contributed by atoms with E-state index >= 15 is 0 Å². The molecule has 0 aliphatic carbocycles. The van der Waals surface area contributed by atoms with Crippen molar-refractivity contribution >= 4 is 5.95 Å². The second-order valence-electron chi connectivity index (χ2n) is 4.57. The van der Waals surface area contributed by atoms with Crippen LogP contribution in [0.15, 0.2) is 18.3 Å². The van der Waals surface area contributed by atoms with E-state index < -0.39 is 0 Å². The van der Waals surface area contributed by atoms with Gasteiger partial charge in [-0.25, -0.2) is 9.97 Å². The largest absolute Gasteiger partial charge is 0.350 e. The molecule has 0 fully saturated rings. The van der Waals surface area contributed by atoms with Crippen LogP contribution in [0.2, 0.25) is 0 Å². The Morgan fingerprint density at radius 3 is 2.28 bits per heavy atom. The fraction of sp³-hybridized carbons (Fsp3) is 0.357. The number of nitrogens with one attached hydrogen (secondary N) is 1. The Morgan fingerprint density at radius 2 is 1.67 bits per heavy atom. The van der Waals surface area contributed by atoms with Crippen molar-refractivity contribution in [2.24, 2.45) is 0 Å². The molecule has 0 amide bonds. The van der Waals surface area contributed by atoms with Crippen LogP contribution in [0.25, 0.3) is 0 Å². The third kappa shape index (κ3) is 3.03. The first-order valence-corrected chi connectivity index (χ1v) is 6.03. The highest BCUT2D eigenvalue weighted by atomic mass is 15.1. The molecule has 0 aromatic carbocycles. The van der Waals surface area contributed by atoms with Crippen molar-refractivity contribution in [3.63, 3.8) is 0 Å². The van der Waals surface area contributed by atoms with Gasteiger partial charge in [0, 0.05) is 29.8 Å². The quantitative estimate of drug-likeness (QED) is 0.899. The number of pyridine rings is 1. The van der Waals surface area contributed by atoms with Gasteiger partial charge in [0.2, 0.25) is 5.95 Å². The Bertz CT molecular complexity index is 543. The molecular formula is C14H18N4. The maximum atomic E-state index is 4.35. The zero-order valence-corrected chi connectivity index (χ0v) is 11.3. The van der Waals surface area contributed by atoms with Crippen LogP contribution < -0.4 is 5.32 Å². The molecule has 0 atom stereocenters. The normalized spacial score (nSPS) is 10.4. The highest BCUT2D eigenvalue weighted by molar-refractivity contribution is 5.31. The summed E-state index contributed by atoms with van der Waals surface area (Å²) in [5.74, 6) is 0.672. The van der Waals surface area contributed by atoms with Gasteiger partial charge in [-0.3, -0.25) is 4.98 Å². The van der Waals surface area contributed by atoms with Gasteiger partial charge in [-0.05, 0) is 44.9 Å². The molecule has 2 rings (SSSR count). The Hall–Kier alpha value is -1.97. The lowest BCUT2D eigenvalue weighted by molar-refractivity contribution is 0.990. The lowest BCUT2D eigenvalue weighted by atomic mass is 10.1. The minimum atomic E-state index is 0.672. The fourth-order valence-corrected chi connectivity index (χ4v) is 1.78. The Morgan fingerprint density at radius 1 is 1.00 bits per heavy atom. The van der Waals surface area contributed by atoms with Crippen LogP contribution in [0.5, 0.6) is 0 Å². The molecule has 94 valence electrons. The van der Waals surface area contributed by atoms with E-state index in [9.17, 15) is 0 Å². The Labute approximate surface area is 108 Å². The predicted molar refractivity (Wildman–Crippen MR) is 72.5 cm³/mol. The number of anilines is 1. The molecule has 0 aliphatic rings. The zero-order chi connectivity index (χ0) is 13.1. The SMILES string of the molecule is Cc1cc(C)nc(NCc2cnc(C)c(C)c2)n1. The molecular weight excluding hydrogens is 224 g/mol. The maximum absolute atomic E-state index is 4.35. The van der Waals surface area contributed by atoms with Crippen molar-refractivity contribution in [1.82, 2.24) is 15.0 Å². The highest BCUT2D eigenvalue weighted by Crippen LogP contribution is 2.09. The van der Waals surface area contributed by atoms with E-state index in [0.29, 0.717) is 12.5 Å². The van der Waals surface area contributed by atoms with Gasteiger partial charge in [0.1, 0.15) is 0 Å². The Balaban J connectivity index is 2.08. The minimum Gasteiger partial charge on any atom is -0.350 e. The topological polar surface area (TPSA) is 50.7 Å². The molecule has 0 unspecified atom stereocenters. The average molecular weight is 242 g/mol. The van der Waals surface area contributed by atoms with E-state index in [1.165, 1.54) is 5.56 Å². The smallest absolute Gasteiger partial charge is 0.223 e.